The third-order valence-corrected chi connectivity index (χ3v) is 3.49. The molecule has 0 aliphatic rings. The highest BCUT2D eigenvalue weighted by molar-refractivity contribution is 6.00. The van der Waals surface area contributed by atoms with Crippen LogP contribution in [-0.2, 0) is 0 Å². The Bertz CT molecular complexity index is 891. The highest BCUT2D eigenvalue weighted by Crippen LogP contribution is 2.18. The van der Waals surface area contributed by atoms with Gasteiger partial charge in [0.05, 0.1) is 22.4 Å². The number of aryl methyl sites for hydroxylation is 3. The summed E-state index contributed by atoms with van der Waals surface area (Å²) in [4.78, 5) is 25.1. The van der Waals surface area contributed by atoms with E-state index in [1.54, 1.807) is 24.4 Å². The van der Waals surface area contributed by atoms with Crippen LogP contribution in [0, 0.1) is 20.8 Å². The highest BCUT2D eigenvalue weighted by Gasteiger charge is 2.06. The van der Waals surface area contributed by atoms with E-state index in [0.717, 1.165) is 28.0 Å². The summed E-state index contributed by atoms with van der Waals surface area (Å²) in [5.41, 5.74) is 5.02. The van der Waals surface area contributed by atoms with Crippen molar-refractivity contribution < 1.29 is 4.79 Å². The molecule has 2 aromatic heterocycles. The SMILES string of the molecule is Cc1ccnc(NC(=O)Nc2ccc3nc(C)c(C)nc3c2)c1. The van der Waals surface area contributed by atoms with Crippen molar-refractivity contribution in [3.05, 3.63) is 53.5 Å². The molecular weight excluding hydrogens is 290 g/mol. The second-order valence-electron chi connectivity index (χ2n) is 5.40. The lowest BCUT2D eigenvalue weighted by Crippen LogP contribution is -2.20. The molecule has 0 unspecified atom stereocenters. The first-order valence-electron chi connectivity index (χ1n) is 7.27. The van der Waals surface area contributed by atoms with Gasteiger partial charge in [0.25, 0.3) is 0 Å². The molecule has 0 aliphatic carbocycles. The molecule has 2 amide bonds. The molecule has 0 saturated carbocycles. The number of benzene rings is 1. The number of carbonyl (C=O) groups is 1. The molecule has 0 spiro atoms. The van der Waals surface area contributed by atoms with Gasteiger partial charge in [-0.1, -0.05) is 0 Å². The molecule has 6 nitrogen and oxygen atoms in total. The van der Waals surface area contributed by atoms with Crippen molar-refractivity contribution in [3.63, 3.8) is 0 Å². The first-order valence-corrected chi connectivity index (χ1v) is 7.27. The zero-order valence-electron chi connectivity index (χ0n) is 13.2. The van der Waals surface area contributed by atoms with Crippen molar-refractivity contribution in [1.29, 1.82) is 0 Å². The monoisotopic (exact) mass is 307 g/mol. The average Bonchev–Trinajstić information content (AvgIpc) is 2.48. The van der Waals surface area contributed by atoms with E-state index in [1.807, 2.05) is 32.9 Å². The summed E-state index contributed by atoms with van der Waals surface area (Å²) < 4.78 is 0. The van der Waals surface area contributed by atoms with Gasteiger partial charge in [0.2, 0.25) is 0 Å². The summed E-state index contributed by atoms with van der Waals surface area (Å²) in [6, 6.07) is 8.77. The zero-order valence-corrected chi connectivity index (χ0v) is 13.2. The van der Waals surface area contributed by atoms with E-state index in [-0.39, 0.29) is 6.03 Å². The quantitative estimate of drug-likeness (QED) is 0.758. The molecule has 116 valence electrons. The van der Waals surface area contributed by atoms with Gasteiger partial charge in [-0.05, 0) is 56.7 Å². The second kappa shape index (κ2) is 6.00. The van der Waals surface area contributed by atoms with Crippen LogP contribution in [0.1, 0.15) is 17.0 Å². The normalized spacial score (nSPS) is 10.6. The molecule has 3 aromatic rings. The Hall–Kier alpha value is -3.02. The van der Waals surface area contributed by atoms with E-state index in [4.69, 9.17) is 0 Å². The van der Waals surface area contributed by atoms with E-state index >= 15 is 0 Å². The second-order valence-corrected chi connectivity index (χ2v) is 5.40. The minimum absolute atomic E-state index is 0.348. The number of pyridine rings is 1. The van der Waals surface area contributed by atoms with Crippen LogP contribution >= 0.6 is 0 Å². The van der Waals surface area contributed by atoms with Crippen LogP contribution in [0.2, 0.25) is 0 Å². The molecule has 0 bridgehead atoms. The van der Waals surface area contributed by atoms with Crippen molar-refractivity contribution in [3.8, 4) is 0 Å². The number of anilines is 2. The van der Waals surface area contributed by atoms with Gasteiger partial charge in [0.1, 0.15) is 5.82 Å². The van der Waals surface area contributed by atoms with Crippen LogP contribution in [0.15, 0.2) is 36.5 Å². The highest BCUT2D eigenvalue weighted by atomic mass is 16.2. The van der Waals surface area contributed by atoms with E-state index in [2.05, 4.69) is 25.6 Å². The van der Waals surface area contributed by atoms with Gasteiger partial charge in [0, 0.05) is 11.9 Å². The fraction of sp³-hybridized carbons (Fsp3) is 0.176. The minimum atomic E-state index is -0.348. The molecule has 6 heteroatoms. The zero-order chi connectivity index (χ0) is 16.4. The summed E-state index contributed by atoms with van der Waals surface area (Å²) >= 11 is 0. The number of carbonyl (C=O) groups excluding carboxylic acids is 1. The van der Waals surface area contributed by atoms with Crippen molar-refractivity contribution in [2.45, 2.75) is 20.8 Å². The van der Waals surface area contributed by atoms with Gasteiger partial charge in [-0.2, -0.15) is 0 Å². The smallest absolute Gasteiger partial charge is 0.308 e. The van der Waals surface area contributed by atoms with Gasteiger partial charge < -0.3 is 5.32 Å². The Labute approximate surface area is 134 Å². The van der Waals surface area contributed by atoms with Crippen LogP contribution in [0.25, 0.3) is 11.0 Å². The predicted octanol–water partition coefficient (Wildman–Crippen LogP) is 3.59. The lowest BCUT2D eigenvalue weighted by molar-refractivity contribution is 0.262. The number of nitrogens with one attached hydrogen (secondary N) is 2. The van der Waals surface area contributed by atoms with E-state index in [1.165, 1.54) is 0 Å². The number of hydrogen-bond donors (Lipinski definition) is 2. The number of urea groups is 1. The standard InChI is InChI=1S/C17H17N5O/c1-10-6-7-18-16(8-10)22-17(23)21-13-4-5-14-15(9-13)20-12(3)11(2)19-14/h4-9H,1-3H3,(H2,18,21,22,23). The number of nitrogens with zero attached hydrogens (tertiary/aromatic N) is 3. The largest absolute Gasteiger partial charge is 0.324 e. The van der Waals surface area contributed by atoms with E-state index < -0.39 is 0 Å². The minimum Gasteiger partial charge on any atom is -0.308 e. The molecule has 3 rings (SSSR count). The molecule has 23 heavy (non-hydrogen) atoms. The first kappa shape index (κ1) is 14.9. The van der Waals surface area contributed by atoms with Crippen molar-refractivity contribution in [2.24, 2.45) is 0 Å². The molecule has 0 radical (unpaired) electrons. The van der Waals surface area contributed by atoms with Crippen molar-refractivity contribution in [1.82, 2.24) is 15.0 Å². The number of aromatic nitrogens is 3. The Morgan fingerprint density at radius 1 is 0.913 bits per heavy atom. The van der Waals surface area contributed by atoms with Crippen LogP contribution in [0.4, 0.5) is 16.3 Å². The van der Waals surface area contributed by atoms with Gasteiger partial charge >= 0.3 is 6.03 Å². The molecule has 2 heterocycles. The fourth-order valence-electron chi connectivity index (χ4n) is 2.19. The molecule has 0 aliphatic heterocycles. The predicted molar refractivity (Wildman–Crippen MR) is 90.6 cm³/mol. The molecule has 0 fully saturated rings. The maximum atomic E-state index is 12.1. The van der Waals surface area contributed by atoms with Crippen LogP contribution in [0.3, 0.4) is 0 Å². The number of fused-ring (bicyclic) bond motifs is 1. The van der Waals surface area contributed by atoms with Crippen LogP contribution < -0.4 is 10.6 Å². The third kappa shape index (κ3) is 3.42. The Balaban J connectivity index is 1.78. The number of amides is 2. The maximum Gasteiger partial charge on any atom is 0.324 e. The van der Waals surface area contributed by atoms with E-state index in [0.29, 0.717) is 11.5 Å². The Morgan fingerprint density at radius 3 is 2.39 bits per heavy atom. The molecule has 0 saturated heterocycles. The fourth-order valence-corrected chi connectivity index (χ4v) is 2.19. The summed E-state index contributed by atoms with van der Waals surface area (Å²) in [7, 11) is 0. The molecule has 0 atom stereocenters. The lowest BCUT2D eigenvalue weighted by Gasteiger charge is -2.08. The van der Waals surface area contributed by atoms with Crippen molar-refractivity contribution >= 4 is 28.6 Å². The van der Waals surface area contributed by atoms with Gasteiger partial charge in [-0.15, -0.1) is 0 Å². The lowest BCUT2D eigenvalue weighted by atomic mass is 10.2. The third-order valence-electron chi connectivity index (χ3n) is 3.49. The van der Waals surface area contributed by atoms with Gasteiger partial charge in [0.15, 0.2) is 0 Å². The van der Waals surface area contributed by atoms with Gasteiger partial charge in [-0.25, -0.2) is 19.7 Å². The van der Waals surface area contributed by atoms with Crippen molar-refractivity contribution in [2.75, 3.05) is 10.6 Å². The summed E-state index contributed by atoms with van der Waals surface area (Å²) in [5.74, 6) is 0.509. The van der Waals surface area contributed by atoms with Crippen LogP contribution in [0.5, 0.6) is 0 Å². The molecule has 2 N–H and O–H groups in total. The molecule has 1 aromatic carbocycles. The average molecular weight is 307 g/mol. The van der Waals surface area contributed by atoms with Crippen LogP contribution in [-0.4, -0.2) is 21.0 Å². The summed E-state index contributed by atoms with van der Waals surface area (Å²) in [6.07, 6.45) is 1.65. The first-order chi connectivity index (χ1) is 11.0. The van der Waals surface area contributed by atoms with E-state index in [9.17, 15) is 4.79 Å². The number of rotatable bonds is 2. The Kier molecular flexibility index (Phi) is 3.89. The maximum absolute atomic E-state index is 12.1. The molecular formula is C17H17N5O. The number of hydrogen-bond acceptors (Lipinski definition) is 4. The summed E-state index contributed by atoms with van der Waals surface area (Å²) in [6.45, 7) is 5.78. The van der Waals surface area contributed by atoms with Gasteiger partial charge in [-0.3, -0.25) is 5.32 Å². The Morgan fingerprint density at radius 2 is 1.65 bits per heavy atom. The topological polar surface area (TPSA) is 79.8 Å². The summed E-state index contributed by atoms with van der Waals surface area (Å²) in [5, 5.41) is 5.48.